The monoisotopic (exact) mass is 268 g/mol. The van der Waals surface area contributed by atoms with Gasteiger partial charge in [0.1, 0.15) is 18.1 Å². The van der Waals surface area contributed by atoms with Crippen LogP contribution in [0.3, 0.4) is 0 Å². The molecule has 0 aliphatic rings. The van der Waals surface area contributed by atoms with Crippen LogP contribution >= 0.6 is 0 Å². The smallest absolute Gasteiger partial charge is 0.128 e. The fourth-order valence-corrected chi connectivity index (χ4v) is 1.78. The van der Waals surface area contributed by atoms with Crippen LogP contribution in [0.15, 0.2) is 18.2 Å². The van der Waals surface area contributed by atoms with Crippen molar-refractivity contribution in [2.24, 2.45) is 0 Å². The third kappa shape index (κ3) is 4.11. The van der Waals surface area contributed by atoms with E-state index in [1.807, 2.05) is 13.8 Å². The van der Waals surface area contributed by atoms with E-state index in [9.17, 15) is 10.2 Å². The lowest BCUT2D eigenvalue weighted by Crippen LogP contribution is -2.34. The summed E-state index contributed by atoms with van der Waals surface area (Å²) in [6.45, 7) is 5.73. The third-order valence-corrected chi connectivity index (χ3v) is 3.48. The molecule has 0 saturated carbocycles. The first-order valence-corrected chi connectivity index (χ1v) is 6.67. The molecular formula is C15H24O4. The Morgan fingerprint density at radius 2 is 1.89 bits per heavy atom. The predicted molar refractivity (Wildman–Crippen MR) is 74.7 cm³/mol. The van der Waals surface area contributed by atoms with Gasteiger partial charge in [-0.3, -0.25) is 0 Å². The minimum absolute atomic E-state index is 0.201. The predicted octanol–water partition coefficient (Wildman–Crippen LogP) is 2.68. The fourth-order valence-electron chi connectivity index (χ4n) is 1.78. The van der Waals surface area contributed by atoms with E-state index < -0.39 is 11.7 Å². The Hall–Kier alpha value is -1.26. The van der Waals surface area contributed by atoms with Gasteiger partial charge in [0.05, 0.1) is 18.8 Å². The van der Waals surface area contributed by atoms with Crippen molar-refractivity contribution in [1.29, 1.82) is 0 Å². The maximum absolute atomic E-state index is 10.2. The minimum atomic E-state index is -0.834. The topological polar surface area (TPSA) is 58.9 Å². The van der Waals surface area contributed by atoms with E-state index in [-0.39, 0.29) is 6.61 Å². The lowest BCUT2D eigenvalue weighted by Gasteiger charge is -2.26. The fraction of sp³-hybridized carbons (Fsp3) is 0.600. The molecule has 2 N–H and O–H groups in total. The number of aliphatic hydroxyl groups excluding tert-OH is 1. The van der Waals surface area contributed by atoms with Crippen LogP contribution in [0.4, 0.5) is 0 Å². The summed E-state index contributed by atoms with van der Waals surface area (Å²) in [6.07, 6.45) is 0.617. The Kier molecular flexibility index (Phi) is 5.63. The van der Waals surface area contributed by atoms with Gasteiger partial charge in [0.15, 0.2) is 0 Å². The van der Waals surface area contributed by atoms with Crippen molar-refractivity contribution in [3.8, 4) is 11.5 Å². The second-order valence-corrected chi connectivity index (χ2v) is 4.80. The molecule has 0 fully saturated rings. The molecule has 0 bridgehead atoms. The maximum atomic E-state index is 10.2. The summed E-state index contributed by atoms with van der Waals surface area (Å²) in [7, 11) is 1.58. The summed E-state index contributed by atoms with van der Waals surface area (Å²) in [4.78, 5) is 0. The van der Waals surface area contributed by atoms with Crippen molar-refractivity contribution < 1.29 is 19.7 Å². The number of methoxy groups -OCH3 is 1. The van der Waals surface area contributed by atoms with Gasteiger partial charge in [0.2, 0.25) is 0 Å². The SMILES string of the molecule is CCC(O)(CC)COc1cc(OC)ccc1[C@H](C)O. The van der Waals surface area contributed by atoms with Crippen molar-refractivity contribution in [3.63, 3.8) is 0 Å². The molecule has 0 aliphatic carbocycles. The van der Waals surface area contributed by atoms with Gasteiger partial charge in [-0.05, 0) is 31.9 Å². The summed E-state index contributed by atoms with van der Waals surface area (Å²) in [5.74, 6) is 1.21. The molecule has 1 aromatic rings. The molecule has 4 nitrogen and oxygen atoms in total. The zero-order chi connectivity index (χ0) is 14.5. The van der Waals surface area contributed by atoms with Crippen molar-refractivity contribution in [1.82, 2.24) is 0 Å². The summed E-state index contributed by atoms with van der Waals surface area (Å²) in [6, 6.07) is 5.28. The normalized spacial score (nSPS) is 13.2. The van der Waals surface area contributed by atoms with Crippen molar-refractivity contribution in [2.75, 3.05) is 13.7 Å². The van der Waals surface area contributed by atoms with Gasteiger partial charge in [-0.15, -0.1) is 0 Å². The highest BCUT2D eigenvalue weighted by Crippen LogP contribution is 2.30. The van der Waals surface area contributed by atoms with E-state index in [1.165, 1.54) is 0 Å². The second kappa shape index (κ2) is 6.78. The van der Waals surface area contributed by atoms with Crippen molar-refractivity contribution >= 4 is 0 Å². The number of hydrogen-bond donors (Lipinski definition) is 2. The molecule has 0 amide bonds. The zero-order valence-corrected chi connectivity index (χ0v) is 12.1. The van der Waals surface area contributed by atoms with Gasteiger partial charge in [0.25, 0.3) is 0 Å². The van der Waals surface area contributed by atoms with Crippen molar-refractivity contribution in [2.45, 2.75) is 45.3 Å². The number of hydrogen-bond acceptors (Lipinski definition) is 4. The number of aliphatic hydroxyl groups is 2. The average molecular weight is 268 g/mol. The first kappa shape index (κ1) is 15.8. The quantitative estimate of drug-likeness (QED) is 0.798. The molecule has 0 heterocycles. The lowest BCUT2D eigenvalue weighted by molar-refractivity contribution is -0.0122. The molecular weight excluding hydrogens is 244 g/mol. The lowest BCUT2D eigenvalue weighted by atomic mass is 9.99. The second-order valence-electron chi connectivity index (χ2n) is 4.80. The molecule has 0 aromatic heterocycles. The van der Waals surface area contributed by atoms with Crippen LogP contribution in [0.2, 0.25) is 0 Å². The van der Waals surface area contributed by atoms with Gasteiger partial charge in [-0.1, -0.05) is 13.8 Å². The van der Waals surface area contributed by atoms with Crippen LogP contribution in [-0.2, 0) is 0 Å². The molecule has 1 aromatic carbocycles. The van der Waals surface area contributed by atoms with E-state index in [0.717, 1.165) is 0 Å². The van der Waals surface area contributed by atoms with E-state index in [4.69, 9.17) is 9.47 Å². The first-order chi connectivity index (χ1) is 8.95. The van der Waals surface area contributed by atoms with Crippen LogP contribution in [0.5, 0.6) is 11.5 Å². The first-order valence-electron chi connectivity index (χ1n) is 6.67. The summed E-state index contributed by atoms with van der Waals surface area (Å²) in [5.41, 5.74) is -0.144. The summed E-state index contributed by atoms with van der Waals surface area (Å²) in [5, 5.41) is 20.0. The number of benzene rings is 1. The molecule has 0 aliphatic heterocycles. The highest BCUT2D eigenvalue weighted by molar-refractivity contribution is 5.41. The molecule has 0 spiro atoms. The van der Waals surface area contributed by atoms with E-state index >= 15 is 0 Å². The standard InChI is InChI=1S/C15H24O4/c1-5-15(17,6-2)10-19-14-9-12(18-4)7-8-13(14)11(3)16/h7-9,11,16-17H,5-6,10H2,1-4H3/t11-/m0/s1. The van der Waals surface area contributed by atoms with Crippen molar-refractivity contribution in [3.05, 3.63) is 23.8 Å². The van der Waals surface area contributed by atoms with E-state index in [1.54, 1.807) is 32.2 Å². The Bertz CT molecular complexity index is 397. The molecule has 1 rings (SSSR count). The number of ether oxygens (including phenoxy) is 2. The Morgan fingerprint density at radius 1 is 1.26 bits per heavy atom. The van der Waals surface area contributed by atoms with Crippen LogP contribution in [0.25, 0.3) is 0 Å². The van der Waals surface area contributed by atoms with Gasteiger partial charge in [0, 0.05) is 11.6 Å². The Labute approximate surface area is 115 Å². The molecule has 0 saturated heterocycles. The van der Waals surface area contributed by atoms with Crippen LogP contribution < -0.4 is 9.47 Å². The zero-order valence-electron chi connectivity index (χ0n) is 12.1. The van der Waals surface area contributed by atoms with E-state index in [2.05, 4.69) is 0 Å². The Morgan fingerprint density at radius 3 is 2.37 bits per heavy atom. The molecule has 0 unspecified atom stereocenters. The minimum Gasteiger partial charge on any atom is -0.497 e. The van der Waals surface area contributed by atoms with Crippen LogP contribution in [-0.4, -0.2) is 29.5 Å². The maximum Gasteiger partial charge on any atom is 0.128 e. The highest BCUT2D eigenvalue weighted by atomic mass is 16.5. The molecule has 0 radical (unpaired) electrons. The van der Waals surface area contributed by atoms with Crippen LogP contribution in [0, 0.1) is 0 Å². The van der Waals surface area contributed by atoms with Gasteiger partial charge >= 0.3 is 0 Å². The third-order valence-electron chi connectivity index (χ3n) is 3.48. The molecule has 19 heavy (non-hydrogen) atoms. The molecule has 4 heteroatoms. The van der Waals surface area contributed by atoms with Crippen LogP contribution in [0.1, 0.15) is 45.3 Å². The molecule has 108 valence electrons. The Balaban J connectivity index is 2.91. The summed E-state index contributed by atoms with van der Waals surface area (Å²) < 4.78 is 10.8. The molecule has 1 atom stereocenters. The largest absolute Gasteiger partial charge is 0.497 e. The highest BCUT2D eigenvalue weighted by Gasteiger charge is 2.24. The van der Waals surface area contributed by atoms with Gasteiger partial charge in [-0.25, -0.2) is 0 Å². The van der Waals surface area contributed by atoms with E-state index in [0.29, 0.717) is 29.9 Å². The summed E-state index contributed by atoms with van der Waals surface area (Å²) >= 11 is 0. The average Bonchev–Trinajstić information content (AvgIpc) is 2.44. The van der Waals surface area contributed by atoms with Gasteiger partial charge < -0.3 is 19.7 Å². The van der Waals surface area contributed by atoms with Gasteiger partial charge in [-0.2, -0.15) is 0 Å². The number of rotatable bonds is 7.